The number of carboxylic acids is 1. The minimum absolute atomic E-state index is 0.0889. The number of aliphatic carboxylic acids is 1. The molecule has 1 aromatic rings. The normalized spacial score (nSPS) is 24.2. The zero-order chi connectivity index (χ0) is 18.0. The van der Waals surface area contributed by atoms with Gasteiger partial charge in [-0.25, -0.2) is 4.79 Å². The molecule has 0 spiro atoms. The van der Waals surface area contributed by atoms with E-state index < -0.39 is 11.5 Å². The number of carboxylic acid groups (broad SMARTS) is 1. The fourth-order valence-electron chi connectivity index (χ4n) is 3.94. The summed E-state index contributed by atoms with van der Waals surface area (Å²) in [7, 11) is 1.59. The van der Waals surface area contributed by atoms with Gasteiger partial charge in [0.1, 0.15) is 5.54 Å². The lowest BCUT2D eigenvalue weighted by atomic mass is 9.69. The van der Waals surface area contributed by atoms with Crippen molar-refractivity contribution in [1.29, 1.82) is 0 Å². The van der Waals surface area contributed by atoms with Gasteiger partial charge in [0, 0.05) is 18.5 Å². The topological polar surface area (TPSA) is 95.5 Å². The van der Waals surface area contributed by atoms with Crippen LogP contribution in [0.4, 0.5) is 0 Å². The first kappa shape index (κ1) is 17.5. The highest BCUT2D eigenvalue weighted by molar-refractivity contribution is 5.94. The van der Waals surface area contributed by atoms with Crippen molar-refractivity contribution < 1.29 is 19.5 Å². The molecule has 6 heteroatoms. The van der Waals surface area contributed by atoms with Crippen LogP contribution >= 0.6 is 0 Å². The summed E-state index contributed by atoms with van der Waals surface area (Å²) < 4.78 is 0. The molecule has 2 aliphatic rings. The largest absolute Gasteiger partial charge is 0.480 e. The zero-order valence-corrected chi connectivity index (χ0v) is 14.4. The van der Waals surface area contributed by atoms with Gasteiger partial charge >= 0.3 is 5.97 Å². The molecule has 2 aliphatic carbocycles. The van der Waals surface area contributed by atoms with Crippen LogP contribution in [0.2, 0.25) is 0 Å². The van der Waals surface area contributed by atoms with E-state index in [0.29, 0.717) is 18.4 Å². The van der Waals surface area contributed by atoms with Crippen LogP contribution < -0.4 is 10.6 Å². The van der Waals surface area contributed by atoms with E-state index in [1.165, 1.54) is 0 Å². The Morgan fingerprint density at radius 3 is 2.20 bits per heavy atom. The van der Waals surface area contributed by atoms with Crippen LogP contribution in [0.3, 0.4) is 0 Å². The Bertz CT molecular complexity index is 677. The Balaban J connectivity index is 1.68. The predicted molar refractivity (Wildman–Crippen MR) is 92.3 cm³/mol. The van der Waals surface area contributed by atoms with E-state index in [4.69, 9.17) is 0 Å². The molecule has 0 aromatic heterocycles. The molecule has 0 aliphatic heterocycles. The number of hydrogen-bond donors (Lipinski definition) is 3. The first-order valence-corrected chi connectivity index (χ1v) is 8.84. The smallest absolute Gasteiger partial charge is 0.329 e. The van der Waals surface area contributed by atoms with Crippen LogP contribution in [0.15, 0.2) is 24.3 Å². The maximum atomic E-state index is 12.7. The van der Waals surface area contributed by atoms with Crippen molar-refractivity contribution in [2.75, 3.05) is 7.05 Å². The number of amides is 2. The SMILES string of the molecule is CNC(=O)c1ccc(C2CCC2C(=O)NC2(C(=O)O)CCCC2)cc1. The number of benzene rings is 1. The monoisotopic (exact) mass is 344 g/mol. The van der Waals surface area contributed by atoms with Gasteiger partial charge in [-0.05, 0) is 49.3 Å². The molecule has 1 aromatic carbocycles. The molecular weight excluding hydrogens is 320 g/mol. The Morgan fingerprint density at radius 2 is 1.72 bits per heavy atom. The molecule has 134 valence electrons. The molecule has 2 atom stereocenters. The molecule has 3 rings (SSSR count). The van der Waals surface area contributed by atoms with Gasteiger partial charge in [0.2, 0.25) is 5.91 Å². The molecule has 2 unspecified atom stereocenters. The molecule has 2 fully saturated rings. The minimum Gasteiger partial charge on any atom is -0.480 e. The molecule has 2 saturated carbocycles. The Morgan fingerprint density at radius 1 is 1.08 bits per heavy atom. The molecule has 25 heavy (non-hydrogen) atoms. The summed E-state index contributed by atoms with van der Waals surface area (Å²) in [5, 5.41) is 14.9. The van der Waals surface area contributed by atoms with Gasteiger partial charge in [-0.15, -0.1) is 0 Å². The Labute approximate surface area is 147 Å². The average Bonchev–Trinajstić information content (AvgIpc) is 3.03. The van der Waals surface area contributed by atoms with Crippen molar-refractivity contribution in [2.45, 2.75) is 50.0 Å². The molecule has 6 nitrogen and oxygen atoms in total. The number of carbonyl (C=O) groups excluding carboxylic acids is 2. The van der Waals surface area contributed by atoms with Crippen molar-refractivity contribution in [2.24, 2.45) is 5.92 Å². The van der Waals surface area contributed by atoms with Gasteiger partial charge in [0.25, 0.3) is 5.91 Å². The third-order valence-corrected chi connectivity index (χ3v) is 5.67. The highest BCUT2D eigenvalue weighted by Gasteiger charge is 2.46. The van der Waals surface area contributed by atoms with Gasteiger partial charge in [-0.1, -0.05) is 25.0 Å². The van der Waals surface area contributed by atoms with Gasteiger partial charge in [-0.3, -0.25) is 9.59 Å². The van der Waals surface area contributed by atoms with E-state index in [1.54, 1.807) is 19.2 Å². The molecule has 2 amide bonds. The highest BCUT2D eigenvalue weighted by Crippen LogP contribution is 2.43. The minimum atomic E-state index is -1.08. The fourth-order valence-corrected chi connectivity index (χ4v) is 3.94. The molecule has 0 radical (unpaired) electrons. The van der Waals surface area contributed by atoms with E-state index in [2.05, 4.69) is 10.6 Å². The summed E-state index contributed by atoms with van der Waals surface area (Å²) in [6, 6.07) is 7.29. The van der Waals surface area contributed by atoms with E-state index in [1.807, 2.05) is 12.1 Å². The van der Waals surface area contributed by atoms with Crippen molar-refractivity contribution in [3.8, 4) is 0 Å². The highest BCUT2D eigenvalue weighted by atomic mass is 16.4. The second-order valence-electron chi connectivity index (χ2n) is 7.08. The lowest BCUT2D eigenvalue weighted by Crippen LogP contribution is -2.55. The van der Waals surface area contributed by atoms with Crippen molar-refractivity contribution in [1.82, 2.24) is 10.6 Å². The van der Waals surface area contributed by atoms with Crippen LogP contribution in [-0.4, -0.2) is 35.5 Å². The van der Waals surface area contributed by atoms with Crippen molar-refractivity contribution >= 4 is 17.8 Å². The fraction of sp³-hybridized carbons (Fsp3) is 0.526. The maximum Gasteiger partial charge on any atom is 0.329 e. The maximum absolute atomic E-state index is 12.7. The quantitative estimate of drug-likeness (QED) is 0.762. The van der Waals surface area contributed by atoms with Crippen LogP contribution in [0.1, 0.15) is 60.4 Å². The van der Waals surface area contributed by atoms with Crippen LogP contribution in [0, 0.1) is 5.92 Å². The molecule has 0 bridgehead atoms. The summed E-state index contributed by atoms with van der Waals surface area (Å²) in [4.78, 5) is 35.9. The number of hydrogen-bond acceptors (Lipinski definition) is 3. The van der Waals surface area contributed by atoms with Gasteiger partial charge in [-0.2, -0.15) is 0 Å². The van der Waals surface area contributed by atoms with E-state index in [-0.39, 0.29) is 23.7 Å². The molecular formula is C19H24N2O4. The van der Waals surface area contributed by atoms with Crippen LogP contribution in [0.5, 0.6) is 0 Å². The van der Waals surface area contributed by atoms with Crippen molar-refractivity contribution in [3.63, 3.8) is 0 Å². The van der Waals surface area contributed by atoms with E-state index in [9.17, 15) is 19.5 Å². The van der Waals surface area contributed by atoms with E-state index in [0.717, 1.165) is 31.2 Å². The average molecular weight is 344 g/mol. The predicted octanol–water partition coefficient (Wildman–Crippen LogP) is 2.05. The van der Waals surface area contributed by atoms with Crippen LogP contribution in [-0.2, 0) is 9.59 Å². The lowest BCUT2D eigenvalue weighted by molar-refractivity contribution is -0.148. The number of rotatable bonds is 5. The van der Waals surface area contributed by atoms with E-state index >= 15 is 0 Å². The standard InChI is InChI=1S/C19H24N2O4/c1-20-16(22)13-6-4-12(5-7-13)14-8-9-15(14)17(23)21-19(18(24)25)10-2-3-11-19/h4-7,14-15H,2-3,8-11H2,1H3,(H,20,22)(H,21,23)(H,24,25). The number of nitrogens with one attached hydrogen (secondary N) is 2. The summed E-state index contributed by atoms with van der Waals surface area (Å²) in [6.07, 6.45) is 4.35. The second kappa shape index (κ2) is 6.86. The third-order valence-electron chi connectivity index (χ3n) is 5.67. The summed E-state index contributed by atoms with van der Waals surface area (Å²) in [6.45, 7) is 0. The molecule has 0 saturated heterocycles. The lowest BCUT2D eigenvalue weighted by Gasteiger charge is -2.38. The summed E-state index contributed by atoms with van der Waals surface area (Å²) in [5.41, 5.74) is 0.525. The first-order valence-electron chi connectivity index (χ1n) is 8.84. The first-order chi connectivity index (χ1) is 12.0. The zero-order valence-electron chi connectivity index (χ0n) is 14.4. The molecule has 0 heterocycles. The Kier molecular flexibility index (Phi) is 4.79. The summed E-state index contributed by atoms with van der Waals surface area (Å²) in [5.74, 6) is -1.33. The summed E-state index contributed by atoms with van der Waals surface area (Å²) >= 11 is 0. The Hall–Kier alpha value is -2.37. The number of carbonyl (C=O) groups is 3. The van der Waals surface area contributed by atoms with Gasteiger partial charge in [0.15, 0.2) is 0 Å². The van der Waals surface area contributed by atoms with Gasteiger partial charge in [0.05, 0.1) is 0 Å². The van der Waals surface area contributed by atoms with Crippen LogP contribution in [0.25, 0.3) is 0 Å². The van der Waals surface area contributed by atoms with Gasteiger partial charge < -0.3 is 15.7 Å². The van der Waals surface area contributed by atoms with Crippen molar-refractivity contribution in [3.05, 3.63) is 35.4 Å². The second-order valence-corrected chi connectivity index (χ2v) is 7.08. The third kappa shape index (κ3) is 3.25. The molecule has 3 N–H and O–H groups in total.